The van der Waals surface area contributed by atoms with Crippen molar-refractivity contribution in [3.05, 3.63) is 0 Å². The third kappa shape index (κ3) is 3.95. The molecule has 1 saturated heterocycles. The Morgan fingerprint density at radius 1 is 1.50 bits per heavy atom. The topological polar surface area (TPSA) is 41.3 Å². The van der Waals surface area contributed by atoms with Crippen LogP contribution >= 0.6 is 0 Å². The van der Waals surface area contributed by atoms with E-state index in [-0.39, 0.29) is 0 Å². The maximum atomic E-state index is 5.55. The lowest BCUT2D eigenvalue weighted by atomic mass is 10.0. The van der Waals surface area contributed by atoms with Gasteiger partial charge in [0.1, 0.15) is 0 Å². The van der Waals surface area contributed by atoms with Gasteiger partial charge in [0, 0.05) is 25.7 Å². The molecule has 1 atom stereocenters. The van der Waals surface area contributed by atoms with Crippen molar-refractivity contribution in [3.63, 3.8) is 0 Å². The molecule has 0 spiro atoms. The lowest BCUT2D eigenvalue weighted by molar-refractivity contribution is 0.141. The quantitative estimate of drug-likeness (QED) is 0.683. The summed E-state index contributed by atoms with van der Waals surface area (Å²) in [5, 5.41) is 3.47. The van der Waals surface area contributed by atoms with Crippen LogP contribution in [0.1, 0.15) is 26.7 Å². The van der Waals surface area contributed by atoms with E-state index in [0.29, 0.717) is 0 Å². The Balaban J connectivity index is 2.33. The highest BCUT2D eigenvalue weighted by Crippen LogP contribution is 2.13. The predicted molar refractivity (Wildman–Crippen MR) is 61.4 cm³/mol. The SMILES string of the molecule is CC(C)CC1CNCCN1CCCN. The van der Waals surface area contributed by atoms with Crippen LogP contribution in [0.4, 0.5) is 0 Å². The molecule has 1 aliphatic heterocycles. The van der Waals surface area contributed by atoms with Gasteiger partial charge < -0.3 is 11.1 Å². The zero-order chi connectivity index (χ0) is 10.4. The van der Waals surface area contributed by atoms with Gasteiger partial charge in [0.2, 0.25) is 0 Å². The minimum Gasteiger partial charge on any atom is -0.330 e. The molecule has 0 radical (unpaired) electrons. The average Bonchev–Trinajstić information content (AvgIpc) is 2.16. The Bertz CT molecular complexity index is 147. The fraction of sp³-hybridized carbons (Fsp3) is 1.00. The van der Waals surface area contributed by atoms with E-state index in [1.807, 2.05) is 0 Å². The van der Waals surface area contributed by atoms with Crippen LogP contribution < -0.4 is 11.1 Å². The second-order valence-electron chi connectivity index (χ2n) is 4.67. The number of hydrogen-bond acceptors (Lipinski definition) is 3. The number of rotatable bonds is 5. The van der Waals surface area contributed by atoms with E-state index in [0.717, 1.165) is 38.0 Å². The number of nitrogens with two attached hydrogens (primary N) is 1. The van der Waals surface area contributed by atoms with Crippen LogP contribution in [0, 0.1) is 5.92 Å². The normalized spacial score (nSPS) is 24.4. The van der Waals surface area contributed by atoms with E-state index >= 15 is 0 Å². The molecule has 0 amide bonds. The molecule has 3 N–H and O–H groups in total. The summed E-state index contributed by atoms with van der Waals surface area (Å²) in [6.45, 7) is 10.1. The minimum atomic E-state index is 0.732. The average molecular weight is 199 g/mol. The summed E-state index contributed by atoms with van der Waals surface area (Å²) in [6.07, 6.45) is 2.44. The Hall–Kier alpha value is -0.120. The summed E-state index contributed by atoms with van der Waals surface area (Å²) < 4.78 is 0. The van der Waals surface area contributed by atoms with Crippen molar-refractivity contribution < 1.29 is 0 Å². The molecule has 1 unspecified atom stereocenters. The molecule has 0 aromatic heterocycles. The molecule has 14 heavy (non-hydrogen) atoms. The van der Waals surface area contributed by atoms with Gasteiger partial charge in [-0.1, -0.05) is 13.8 Å². The van der Waals surface area contributed by atoms with E-state index in [4.69, 9.17) is 5.73 Å². The highest BCUT2D eigenvalue weighted by molar-refractivity contribution is 4.80. The highest BCUT2D eigenvalue weighted by Gasteiger charge is 2.21. The van der Waals surface area contributed by atoms with Gasteiger partial charge >= 0.3 is 0 Å². The molecule has 0 aliphatic carbocycles. The van der Waals surface area contributed by atoms with E-state index in [1.54, 1.807) is 0 Å². The molecule has 3 heteroatoms. The zero-order valence-corrected chi connectivity index (χ0v) is 9.63. The molecule has 0 aromatic carbocycles. The first-order chi connectivity index (χ1) is 6.74. The molecule has 1 rings (SSSR count). The Morgan fingerprint density at radius 2 is 2.29 bits per heavy atom. The maximum absolute atomic E-state index is 5.55. The lowest BCUT2D eigenvalue weighted by Gasteiger charge is -2.37. The van der Waals surface area contributed by atoms with Gasteiger partial charge in [0.05, 0.1) is 0 Å². The largest absolute Gasteiger partial charge is 0.330 e. The van der Waals surface area contributed by atoms with Crippen LogP contribution in [-0.2, 0) is 0 Å². The van der Waals surface area contributed by atoms with E-state index in [2.05, 4.69) is 24.1 Å². The molecule has 3 nitrogen and oxygen atoms in total. The summed E-state index contributed by atoms with van der Waals surface area (Å²) in [5.74, 6) is 0.792. The van der Waals surface area contributed by atoms with Gasteiger partial charge in [-0.3, -0.25) is 4.90 Å². The number of nitrogens with one attached hydrogen (secondary N) is 1. The molecule has 1 heterocycles. The highest BCUT2D eigenvalue weighted by atomic mass is 15.2. The van der Waals surface area contributed by atoms with E-state index in [1.165, 1.54) is 19.5 Å². The molecule has 1 aliphatic rings. The second-order valence-corrected chi connectivity index (χ2v) is 4.67. The first-order valence-electron chi connectivity index (χ1n) is 5.89. The third-order valence-corrected chi connectivity index (χ3v) is 2.87. The second kappa shape index (κ2) is 6.38. The van der Waals surface area contributed by atoms with Crippen LogP contribution in [-0.4, -0.2) is 43.7 Å². The summed E-state index contributed by atoms with van der Waals surface area (Å²) in [5.41, 5.74) is 5.55. The van der Waals surface area contributed by atoms with Crippen LogP contribution in [0.2, 0.25) is 0 Å². The summed E-state index contributed by atoms with van der Waals surface area (Å²) in [6, 6.07) is 0.732. The third-order valence-electron chi connectivity index (χ3n) is 2.87. The van der Waals surface area contributed by atoms with E-state index < -0.39 is 0 Å². The molecular weight excluding hydrogens is 174 g/mol. The minimum absolute atomic E-state index is 0.732. The Morgan fingerprint density at radius 3 is 2.93 bits per heavy atom. The van der Waals surface area contributed by atoms with Crippen molar-refractivity contribution >= 4 is 0 Å². The standard InChI is InChI=1S/C11H25N3/c1-10(2)8-11-9-13-5-7-14(11)6-3-4-12/h10-11,13H,3-9,12H2,1-2H3. The monoisotopic (exact) mass is 199 g/mol. The van der Waals surface area contributed by atoms with Gasteiger partial charge in [-0.25, -0.2) is 0 Å². The van der Waals surface area contributed by atoms with Gasteiger partial charge in [-0.2, -0.15) is 0 Å². The molecule has 0 bridgehead atoms. The first kappa shape index (κ1) is 12.0. The number of nitrogens with zero attached hydrogens (tertiary/aromatic N) is 1. The lowest BCUT2D eigenvalue weighted by Crippen LogP contribution is -2.52. The first-order valence-corrected chi connectivity index (χ1v) is 5.89. The fourth-order valence-electron chi connectivity index (χ4n) is 2.17. The van der Waals surface area contributed by atoms with Gasteiger partial charge in [-0.15, -0.1) is 0 Å². The van der Waals surface area contributed by atoms with Crippen LogP contribution in [0.3, 0.4) is 0 Å². The summed E-state index contributed by atoms with van der Waals surface area (Å²) in [4.78, 5) is 2.60. The van der Waals surface area contributed by atoms with Crippen LogP contribution in [0.5, 0.6) is 0 Å². The zero-order valence-electron chi connectivity index (χ0n) is 9.63. The van der Waals surface area contributed by atoms with Crippen molar-refractivity contribution in [2.75, 3.05) is 32.7 Å². The smallest absolute Gasteiger partial charge is 0.0223 e. The molecule has 1 fully saturated rings. The number of piperazine rings is 1. The Kier molecular flexibility index (Phi) is 5.45. The summed E-state index contributed by atoms with van der Waals surface area (Å²) in [7, 11) is 0. The molecular formula is C11H25N3. The fourth-order valence-corrected chi connectivity index (χ4v) is 2.17. The van der Waals surface area contributed by atoms with Crippen molar-refractivity contribution in [1.82, 2.24) is 10.2 Å². The molecule has 84 valence electrons. The van der Waals surface area contributed by atoms with Crippen molar-refractivity contribution in [2.24, 2.45) is 11.7 Å². The van der Waals surface area contributed by atoms with Gasteiger partial charge in [0.25, 0.3) is 0 Å². The van der Waals surface area contributed by atoms with Crippen LogP contribution in [0.15, 0.2) is 0 Å². The van der Waals surface area contributed by atoms with Crippen LogP contribution in [0.25, 0.3) is 0 Å². The molecule has 0 saturated carbocycles. The van der Waals surface area contributed by atoms with E-state index in [9.17, 15) is 0 Å². The Labute approximate surface area is 88.0 Å². The maximum Gasteiger partial charge on any atom is 0.0223 e. The van der Waals surface area contributed by atoms with Crippen molar-refractivity contribution in [1.29, 1.82) is 0 Å². The van der Waals surface area contributed by atoms with Crippen molar-refractivity contribution in [2.45, 2.75) is 32.7 Å². The predicted octanol–water partition coefficient (Wildman–Crippen LogP) is 0.655. The molecule has 0 aromatic rings. The summed E-state index contributed by atoms with van der Waals surface area (Å²) >= 11 is 0. The van der Waals surface area contributed by atoms with Gasteiger partial charge in [0.15, 0.2) is 0 Å². The number of hydrogen-bond donors (Lipinski definition) is 2. The van der Waals surface area contributed by atoms with Gasteiger partial charge in [-0.05, 0) is 31.8 Å². The van der Waals surface area contributed by atoms with Crippen molar-refractivity contribution in [3.8, 4) is 0 Å².